The van der Waals surface area contributed by atoms with Crippen LogP contribution in [0.3, 0.4) is 0 Å². The van der Waals surface area contributed by atoms with E-state index in [1.807, 2.05) is 38.1 Å². The van der Waals surface area contributed by atoms with Crippen LogP contribution in [0.5, 0.6) is 23.0 Å². The van der Waals surface area contributed by atoms with E-state index in [0.717, 1.165) is 10.6 Å². The van der Waals surface area contributed by atoms with Crippen molar-refractivity contribution in [3.63, 3.8) is 0 Å². The highest BCUT2D eigenvalue weighted by Gasteiger charge is 2.19. The minimum atomic E-state index is -0.550. The highest BCUT2D eigenvalue weighted by molar-refractivity contribution is 8.00. The molecule has 3 N–H and O–H groups in total. The van der Waals surface area contributed by atoms with Gasteiger partial charge in [-0.15, -0.1) is 11.8 Å². The van der Waals surface area contributed by atoms with Crippen molar-refractivity contribution in [2.75, 3.05) is 38.6 Å². The number of carbonyl (C=O) groups excluding carboxylic acids is 3. The Balaban J connectivity index is 1.48. The van der Waals surface area contributed by atoms with E-state index in [4.69, 9.17) is 18.9 Å². The highest BCUT2D eigenvalue weighted by Crippen LogP contribution is 2.38. The summed E-state index contributed by atoms with van der Waals surface area (Å²) in [5, 5.41) is 8.09. The largest absolute Gasteiger partial charge is 0.494 e. The van der Waals surface area contributed by atoms with Gasteiger partial charge in [0, 0.05) is 21.8 Å². The molecule has 0 aliphatic heterocycles. The van der Waals surface area contributed by atoms with Crippen LogP contribution in [-0.4, -0.2) is 50.9 Å². The van der Waals surface area contributed by atoms with Gasteiger partial charge in [-0.05, 0) is 98.3 Å². The van der Waals surface area contributed by atoms with E-state index in [2.05, 4.69) is 16.0 Å². The Bertz CT molecular complexity index is 1680. The number of carbonyl (C=O) groups is 3. The van der Waals surface area contributed by atoms with E-state index in [1.165, 1.54) is 39.2 Å². The van der Waals surface area contributed by atoms with Crippen molar-refractivity contribution in [2.45, 2.75) is 24.0 Å². The number of hydrogen-bond donors (Lipinski definition) is 3. The zero-order valence-electron chi connectivity index (χ0n) is 26.8. The molecule has 0 aliphatic rings. The molecule has 0 bridgehead atoms. The Labute approximate surface area is 278 Å². The monoisotopic (exact) mass is 655 g/mol. The summed E-state index contributed by atoms with van der Waals surface area (Å²) in [6.45, 7) is 4.30. The molecule has 1 atom stereocenters. The van der Waals surface area contributed by atoms with Crippen LogP contribution in [0.4, 0.5) is 11.4 Å². The number of benzene rings is 4. The van der Waals surface area contributed by atoms with E-state index in [1.54, 1.807) is 66.7 Å². The standard InChI is InChI=1S/C36H37N3O7S/c1-6-46-28-16-12-26(13-17-28)37-34(40)23(2)47-29-18-14-27(15-19-29)38-36(42)30(39-35(41)25-10-8-7-9-11-25)20-24-21-31(43-3)33(45-5)32(22-24)44-4/h7-23H,6H2,1-5H3,(H,37,40)(H,38,42)(H,39,41)/b30-20-. The summed E-state index contributed by atoms with van der Waals surface area (Å²) in [6, 6.07) is 26.2. The Hall–Kier alpha value is -5.42. The van der Waals surface area contributed by atoms with Crippen LogP contribution >= 0.6 is 11.8 Å². The Morgan fingerprint density at radius 2 is 1.38 bits per heavy atom. The van der Waals surface area contributed by atoms with Gasteiger partial charge in [0.2, 0.25) is 11.7 Å². The van der Waals surface area contributed by atoms with Crippen molar-refractivity contribution in [1.82, 2.24) is 5.32 Å². The molecule has 1 unspecified atom stereocenters. The molecule has 0 fully saturated rings. The maximum atomic E-state index is 13.6. The predicted molar refractivity (Wildman–Crippen MR) is 185 cm³/mol. The fraction of sp³-hybridized carbons (Fsp3) is 0.194. The first-order chi connectivity index (χ1) is 22.7. The molecule has 244 valence electrons. The van der Waals surface area contributed by atoms with E-state index in [9.17, 15) is 14.4 Å². The minimum Gasteiger partial charge on any atom is -0.494 e. The molecule has 11 heteroatoms. The molecular weight excluding hydrogens is 618 g/mol. The van der Waals surface area contributed by atoms with Gasteiger partial charge < -0.3 is 34.9 Å². The summed E-state index contributed by atoms with van der Waals surface area (Å²) in [7, 11) is 4.48. The van der Waals surface area contributed by atoms with Crippen LogP contribution < -0.4 is 34.9 Å². The van der Waals surface area contributed by atoms with Crippen LogP contribution in [0.2, 0.25) is 0 Å². The van der Waals surface area contributed by atoms with Gasteiger partial charge in [-0.2, -0.15) is 0 Å². The van der Waals surface area contributed by atoms with Gasteiger partial charge in [-0.3, -0.25) is 14.4 Å². The van der Waals surface area contributed by atoms with Crippen LogP contribution in [0, 0.1) is 0 Å². The third-order valence-corrected chi connectivity index (χ3v) is 7.87. The Morgan fingerprint density at radius 1 is 0.787 bits per heavy atom. The summed E-state index contributed by atoms with van der Waals surface area (Å²) >= 11 is 1.38. The molecular formula is C36H37N3O7S. The van der Waals surface area contributed by atoms with Gasteiger partial charge in [0.1, 0.15) is 11.4 Å². The first kappa shape index (κ1) is 34.5. The molecule has 4 rings (SSSR count). The van der Waals surface area contributed by atoms with Crippen molar-refractivity contribution < 1.29 is 33.3 Å². The summed E-state index contributed by atoms with van der Waals surface area (Å²) in [6.07, 6.45) is 1.52. The predicted octanol–water partition coefficient (Wildman–Crippen LogP) is 6.64. The van der Waals surface area contributed by atoms with Gasteiger partial charge >= 0.3 is 0 Å². The van der Waals surface area contributed by atoms with Gasteiger partial charge in [-0.25, -0.2) is 0 Å². The van der Waals surface area contributed by atoms with Crippen molar-refractivity contribution in [1.29, 1.82) is 0 Å². The molecule has 0 saturated carbocycles. The molecule has 4 aromatic carbocycles. The van der Waals surface area contributed by atoms with Crippen LogP contribution in [0.15, 0.2) is 102 Å². The number of methoxy groups -OCH3 is 3. The Kier molecular flexibility index (Phi) is 12.3. The number of hydrogen-bond acceptors (Lipinski definition) is 8. The molecule has 4 aromatic rings. The molecule has 10 nitrogen and oxygen atoms in total. The number of anilines is 2. The van der Waals surface area contributed by atoms with E-state index < -0.39 is 11.8 Å². The number of nitrogens with one attached hydrogen (secondary N) is 3. The van der Waals surface area contributed by atoms with Gasteiger partial charge in [-0.1, -0.05) is 18.2 Å². The maximum Gasteiger partial charge on any atom is 0.272 e. The van der Waals surface area contributed by atoms with E-state index in [0.29, 0.717) is 46.4 Å². The zero-order chi connectivity index (χ0) is 33.8. The van der Waals surface area contributed by atoms with Crippen molar-refractivity contribution in [3.05, 3.63) is 108 Å². The molecule has 47 heavy (non-hydrogen) atoms. The highest BCUT2D eigenvalue weighted by atomic mass is 32.2. The normalized spacial score (nSPS) is 11.6. The third-order valence-electron chi connectivity index (χ3n) is 6.75. The molecule has 0 aromatic heterocycles. The SMILES string of the molecule is CCOc1ccc(NC(=O)C(C)Sc2ccc(NC(=O)/C(=C/c3cc(OC)c(OC)c(OC)c3)NC(=O)c3ccccc3)cc2)cc1. The summed E-state index contributed by atoms with van der Waals surface area (Å²) in [5.74, 6) is 0.767. The minimum absolute atomic E-state index is 0.00819. The number of rotatable bonds is 14. The average molecular weight is 656 g/mol. The lowest BCUT2D eigenvalue weighted by Crippen LogP contribution is -2.30. The Morgan fingerprint density at radius 3 is 1.96 bits per heavy atom. The fourth-order valence-electron chi connectivity index (χ4n) is 4.41. The first-order valence-corrected chi connectivity index (χ1v) is 15.6. The van der Waals surface area contributed by atoms with Gasteiger partial charge in [0.05, 0.1) is 33.2 Å². The lowest BCUT2D eigenvalue weighted by Gasteiger charge is -2.15. The van der Waals surface area contributed by atoms with Crippen molar-refractivity contribution in [2.24, 2.45) is 0 Å². The second-order valence-electron chi connectivity index (χ2n) is 10.0. The molecule has 0 radical (unpaired) electrons. The lowest BCUT2D eigenvalue weighted by molar-refractivity contribution is -0.115. The number of amides is 3. The maximum absolute atomic E-state index is 13.6. The number of thioether (sulfide) groups is 1. The topological polar surface area (TPSA) is 124 Å². The molecule has 3 amide bonds. The van der Waals surface area contributed by atoms with Crippen LogP contribution in [0.25, 0.3) is 6.08 Å². The van der Waals surface area contributed by atoms with Crippen molar-refractivity contribution >= 4 is 46.9 Å². The lowest BCUT2D eigenvalue weighted by atomic mass is 10.1. The second kappa shape index (κ2) is 16.8. The van der Waals surface area contributed by atoms with Crippen LogP contribution in [0.1, 0.15) is 29.8 Å². The molecule has 0 spiro atoms. The zero-order valence-corrected chi connectivity index (χ0v) is 27.6. The average Bonchev–Trinajstić information content (AvgIpc) is 3.09. The molecule has 0 heterocycles. The summed E-state index contributed by atoms with van der Waals surface area (Å²) in [5.41, 5.74) is 2.08. The van der Waals surface area contributed by atoms with Gasteiger partial charge in [0.15, 0.2) is 11.5 Å². The fourth-order valence-corrected chi connectivity index (χ4v) is 5.28. The third kappa shape index (κ3) is 9.54. The smallest absolute Gasteiger partial charge is 0.272 e. The molecule has 0 saturated heterocycles. The second-order valence-corrected chi connectivity index (χ2v) is 11.4. The van der Waals surface area contributed by atoms with E-state index >= 15 is 0 Å². The summed E-state index contributed by atoms with van der Waals surface area (Å²) in [4.78, 5) is 40.2. The quantitative estimate of drug-likeness (QED) is 0.102. The summed E-state index contributed by atoms with van der Waals surface area (Å²) < 4.78 is 21.7. The van der Waals surface area contributed by atoms with E-state index in [-0.39, 0.29) is 16.9 Å². The molecule has 0 aliphatic carbocycles. The van der Waals surface area contributed by atoms with Crippen molar-refractivity contribution in [3.8, 4) is 23.0 Å². The first-order valence-electron chi connectivity index (χ1n) is 14.7. The number of ether oxygens (including phenoxy) is 4. The van der Waals surface area contributed by atoms with Crippen LogP contribution in [-0.2, 0) is 9.59 Å². The van der Waals surface area contributed by atoms with Gasteiger partial charge in [0.25, 0.3) is 11.8 Å².